The molecule has 0 saturated carbocycles. The molecule has 1 atom stereocenters. The van der Waals surface area contributed by atoms with Gasteiger partial charge in [0.05, 0.1) is 6.10 Å². The van der Waals surface area contributed by atoms with Gasteiger partial charge < -0.3 is 15.0 Å². The summed E-state index contributed by atoms with van der Waals surface area (Å²) in [5, 5.41) is 3.37. The van der Waals surface area contributed by atoms with E-state index < -0.39 is 0 Å². The molecule has 1 aromatic rings. The van der Waals surface area contributed by atoms with E-state index >= 15 is 0 Å². The van der Waals surface area contributed by atoms with E-state index in [1.165, 1.54) is 0 Å². The van der Waals surface area contributed by atoms with Crippen molar-refractivity contribution >= 4 is 11.6 Å². The summed E-state index contributed by atoms with van der Waals surface area (Å²) in [7, 11) is 1.80. The van der Waals surface area contributed by atoms with Crippen LogP contribution in [-0.4, -0.2) is 42.8 Å². The van der Waals surface area contributed by atoms with Crippen LogP contribution in [0.1, 0.15) is 50.9 Å². The molecule has 0 amide bonds. The number of ether oxygens (including phenoxy) is 1. The zero-order valence-corrected chi connectivity index (χ0v) is 13.9. The molecular weight excluding hydrogens is 264 g/mol. The summed E-state index contributed by atoms with van der Waals surface area (Å²) in [6.45, 7) is 11.3. The Morgan fingerprint density at radius 1 is 1.38 bits per heavy atom. The Bertz CT molecular complexity index is 476. The van der Waals surface area contributed by atoms with Gasteiger partial charge in [-0.05, 0) is 26.7 Å². The fraction of sp³-hybridized carbons (Fsp3) is 0.750. The first kappa shape index (κ1) is 16.0. The molecule has 118 valence electrons. The third kappa shape index (κ3) is 3.64. The number of methoxy groups -OCH3 is 1. The lowest BCUT2D eigenvalue weighted by atomic mass is 10.1. The van der Waals surface area contributed by atoms with Crippen molar-refractivity contribution in [3.63, 3.8) is 0 Å². The molecule has 1 saturated heterocycles. The van der Waals surface area contributed by atoms with Crippen LogP contribution in [0, 0.1) is 6.92 Å². The fourth-order valence-electron chi connectivity index (χ4n) is 2.75. The van der Waals surface area contributed by atoms with E-state index in [2.05, 4.69) is 42.9 Å². The number of piperidine rings is 1. The van der Waals surface area contributed by atoms with Gasteiger partial charge in [-0.2, -0.15) is 0 Å². The van der Waals surface area contributed by atoms with Gasteiger partial charge in [-0.1, -0.05) is 13.8 Å². The van der Waals surface area contributed by atoms with E-state index in [1.807, 2.05) is 0 Å². The monoisotopic (exact) mass is 292 g/mol. The number of nitrogens with zero attached hydrogens (tertiary/aromatic N) is 3. The van der Waals surface area contributed by atoms with Crippen molar-refractivity contribution in [2.45, 2.75) is 52.6 Å². The summed E-state index contributed by atoms with van der Waals surface area (Å²) in [4.78, 5) is 11.9. The van der Waals surface area contributed by atoms with Gasteiger partial charge in [0.25, 0.3) is 0 Å². The molecular formula is C16H28N4O. The highest BCUT2D eigenvalue weighted by Gasteiger charge is 2.24. The number of hydrogen-bond acceptors (Lipinski definition) is 5. The van der Waals surface area contributed by atoms with E-state index in [1.54, 1.807) is 7.11 Å². The molecule has 0 aromatic carbocycles. The van der Waals surface area contributed by atoms with E-state index in [4.69, 9.17) is 9.72 Å². The minimum Gasteiger partial charge on any atom is -0.380 e. The Morgan fingerprint density at radius 2 is 2.14 bits per heavy atom. The predicted molar refractivity (Wildman–Crippen MR) is 87.3 cm³/mol. The molecule has 2 heterocycles. The molecule has 1 aliphatic heterocycles. The van der Waals surface area contributed by atoms with Crippen molar-refractivity contribution in [2.75, 3.05) is 37.0 Å². The summed E-state index contributed by atoms with van der Waals surface area (Å²) in [5.41, 5.74) is 1.14. The average molecular weight is 292 g/mol. The first-order valence-electron chi connectivity index (χ1n) is 7.96. The van der Waals surface area contributed by atoms with Crippen LogP contribution in [-0.2, 0) is 4.74 Å². The maximum absolute atomic E-state index is 5.54. The van der Waals surface area contributed by atoms with Gasteiger partial charge in [0.15, 0.2) is 0 Å². The Balaban J connectivity index is 2.36. The second kappa shape index (κ2) is 7.07. The van der Waals surface area contributed by atoms with Crippen LogP contribution in [0.5, 0.6) is 0 Å². The Labute approximate surface area is 128 Å². The number of hydrogen-bond donors (Lipinski definition) is 1. The summed E-state index contributed by atoms with van der Waals surface area (Å²) in [6, 6.07) is 0. The standard InChI is InChI=1S/C16H28N4O/c1-6-17-15-12(4)16(19-14(18-15)11(2)3)20-9-7-8-13(10-20)21-5/h11,13H,6-10H2,1-5H3,(H,17,18,19). The van der Waals surface area contributed by atoms with Gasteiger partial charge in [-0.15, -0.1) is 0 Å². The maximum Gasteiger partial charge on any atom is 0.137 e. The third-order valence-corrected chi connectivity index (χ3v) is 4.01. The number of rotatable bonds is 5. The van der Waals surface area contributed by atoms with Crippen LogP contribution >= 0.6 is 0 Å². The minimum absolute atomic E-state index is 0.304. The summed E-state index contributed by atoms with van der Waals surface area (Å²) in [6.07, 6.45) is 2.59. The molecule has 0 aliphatic carbocycles. The van der Waals surface area contributed by atoms with Crippen molar-refractivity contribution < 1.29 is 4.74 Å². The van der Waals surface area contributed by atoms with Crippen LogP contribution in [0.25, 0.3) is 0 Å². The lowest BCUT2D eigenvalue weighted by molar-refractivity contribution is 0.0891. The van der Waals surface area contributed by atoms with E-state index in [-0.39, 0.29) is 0 Å². The molecule has 2 rings (SSSR count). The van der Waals surface area contributed by atoms with Crippen molar-refractivity contribution in [1.82, 2.24) is 9.97 Å². The summed E-state index contributed by atoms with van der Waals surface area (Å²) in [5.74, 6) is 3.26. The lowest BCUT2D eigenvalue weighted by Crippen LogP contribution is -2.40. The van der Waals surface area contributed by atoms with Crippen LogP contribution < -0.4 is 10.2 Å². The topological polar surface area (TPSA) is 50.3 Å². The van der Waals surface area contributed by atoms with E-state index in [0.717, 1.165) is 55.5 Å². The second-order valence-electron chi connectivity index (χ2n) is 6.01. The smallest absolute Gasteiger partial charge is 0.137 e. The first-order valence-corrected chi connectivity index (χ1v) is 7.96. The molecule has 5 heteroatoms. The molecule has 5 nitrogen and oxygen atoms in total. The SMILES string of the molecule is CCNc1nc(C(C)C)nc(N2CCCC(OC)C2)c1C. The van der Waals surface area contributed by atoms with Crippen molar-refractivity contribution in [3.05, 3.63) is 11.4 Å². The largest absolute Gasteiger partial charge is 0.380 e. The van der Waals surface area contributed by atoms with Crippen molar-refractivity contribution in [1.29, 1.82) is 0 Å². The number of nitrogens with one attached hydrogen (secondary N) is 1. The Morgan fingerprint density at radius 3 is 2.76 bits per heavy atom. The zero-order valence-electron chi connectivity index (χ0n) is 13.9. The molecule has 1 aromatic heterocycles. The van der Waals surface area contributed by atoms with Crippen LogP contribution in [0.3, 0.4) is 0 Å². The second-order valence-corrected chi connectivity index (χ2v) is 6.01. The molecule has 1 N–H and O–H groups in total. The molecule has 0 radical (unpaired) electrons. The van der Waals surface area contributed by atoms with Gasteiger partial charge >= 0.3 is 0 Å². The van der Waals surface area contributed by atoms with Crippen molar-refractivity contribution in [3.8, 4) is 0 Å². The Hall–Kier alpha value is -1.36. The highest BCUT2D eigenvalue weighted by Crippen LogP contribution is 2.28. The first-order chi connectivity index (χ1) is 10.1. The van der Waals surface area contributed by atoms with Gasteiger partial charge in [-0.25, -0.2) is 9.97 Å². The highest BCUT2D eigenvalue weighted by molar-refractivity contribution is 5.59. The Kier molecular flexibility index (Phi) is 5.39. The quantitative estimate of drug-likeness (QED) is 0.904. The van der Waals surface area contributed by atoms with Crippen LogP contribution in [0.4, 0.5) is 11.6 Å². The maximum atomic E-state index is 5.54. The molecule has 0 bridgehead atoms. The number of aromatic nitrogens is 2. The summed E-state index contributed by atoms with van der Waals surface area (Å²) >= 11 is 0. The lowest BCUT2D eigenvalue weighted by Gasteiger charge is -2.34. The van der Waals surface area contributed by atoms with Gasteiger partial charge in [-0.3, -0.25) is 0 Å². The molecule has 1 aliphatic rings. The molecule has 21 heavy (non-hydrogen) atoms. The third-order valence-electron chi connectivity index (χ3n) is 4.01. The average Bonchev–Trinajstić information content (AvgIpc) is 2.49. The normalized spacial score (nSPS) is 19.1. The molecule has 1 fully saturated rings. The van der Waals surface area contributed by atoms with Gasteiger partial charge in [0.1, 0.15) is 17.5 Å². The molecule has 1 unspecified atom stereocenters. The van der Waals surface area contributed by atoms with Crippen LogP contribution in [0.2, 0.25) is 0 Å². The summed E-state index contributed by atoms with van der Waals surface area (Å²) < 4.78 is 5.54. The van der Waals surface area contributed by atoms with Gasteiger partial charge in [0, 0.05) is 38.2 Å². The highest BCUT2D eigenvalue weighted by atomic mass is 16.5. The van der Waals surface area contributed by atoms with E-state index in [9.17, 15) is 0 Å². The van der Waals surface area contributed by atoms with E-state index in [0.29, 0.717) is 12.0 Å². The zero-order chi connectivity index (χ0) is 15.4. The number of anilines is 2. The van der Waals surface area contributed by atoms with Crippen molar-refractivity contribution in [2.24, 2.45) is 0 Å². The van der Waals surface area contributed by atoms with Crippen LogP contribution in [0.15, 0.2) is 0 Å². The molecule has 0 spiro atoms. The fourth-order valence-corrected chi connectivity index (χ4v) is 2.75. The predicted octanol–water partition coefficient (Wildman–Crippen LogP) is 2.96. The minimum atomic E-state index is 0.304. The van der Waals surface area contributed by atoms with Gasteiger partial charge in [0.2, 0.25) is 0 Å².